The van der Waals surface area contributed by atoms with E-state index in [0.29, 0.717) is 0 Å². The van der Waals surface area contributed by atoms with Crippen molar-refractivity contribution in [1.82, 2.24) is 0 Å². The van der Waals surface area contributed by atoms with Crippen molar-refractivity contribution in [1.29, 1.82) is 0 Å². The fourth-order valence-electron chi connectivity index (χ4n) is 2.95. The number of carbonyl (C=O) groups excluding carboxylic acids is 2. The van der Waals surface area contributed by atoms with Crippen molar-refractivity contribution >= 4 is 57.9 Å². The molecule has 1 aliphatic rings. The number of allylic oxidation sites excluding steroid dienone is 2. The summed E-state index contributed by atoms with van der Waals surface area (Å²) in [4.78, 5) is 38.3. The Morgan fingerprint density at radius 1 is 1.21 bits per heavy atom. The molecule has 0 N–H and O–H groups in total. The number of nitrogens with zero attached hydrogens (tertiary/aromatic N) is 2. The average molecular weight is 446 g/mol. The molecule has 2 unspecified atom stereocenters. The van der Waals surface area contributed by atoms with E-state index in [1.165, 1.54) is 24.3 Å². The summed E-state index contributed by atoms with van der Waals surface area (Å²) >= 11 is 19.6. The van der Waals surface area contributed by atoms with E-state index < -0.39 is 21.1 Å². The molecule has 1 aromatic rings. The molecule has 1 aliphatic carbocycles. The first-order chi connectivity index (χ1) is 12.9. The van der Waals surface area contributed by atoms with Crippen LogP contribution in [0.25, 0.3) is 0 Å². The minimum absolute atomic E-state index is 0.0205. The van der Waals surface area contributed by atoms with Crippen molar-refractivity contribution in [3.63, 3.8) is 0 Å². The molecule has 6 nitrogen and oxygen atoms in total. The normalized spacial score (nSPS) is 24.4. The van der Waals surface area contributed by atoms with Crippen LogP contribution in [-0.2, 0) is 4.79 Å². The van der Waals surface area contributed by atoms with Crippen LogP contribution in [0.1, 0.15) is 38.1 Å². The number of ketones is 1. The van der Waals surface area contributed by atoms with E-state index in [2.05, 4.69) is 4.99 Å². The predicted octanol–water partition coefficient (Wildman–Crippen LogP) is 5.15. The largest absolute Gasteiger partial charge is 0.292 e. The number of halogens is 3. The standard InChI is InChI=1S/C19H19Cl3N2O4/c1-9(2)13-14(20)15(16(21)19(22,10(3)4)17(13)25)23-18(26)11-5-7-12(8-6-11)24(27)28/h5-10,16H,1-4H3. The topological polar surface area (TPSA) is 89.6 Å². The molecular weight excluding hydrogens is 427 g/mol. The summed E-state index contributed by atoms with van der Waals surface area (Å²) in [5, 5.41) is 9.66. The van der Waals surface area contributed by atoms with Gasteiger partial charge in [0.2, 0.25) is 0 Å². The highest BCUT2D eigenvalue weighted by molar-refractivity contribution is 6.59. The molecule has 9 heteroatoms. The van der Waals surface area contributed by atoms with E-state index >= 15 is 0 Å². The van der Waals surface area contributed by atoms with Gasteiger partial charge in [0, 0.05) is 23.3 Å². The van der Waals surface area contributed by atoms with Crippen LogP contribution < -0.4 is 0 Å². The fraction of sp³-hybridized carbons (Fsp3) is 0.421. The van der Waals surface area contributed by atoms with E-state index in [9.17, 15) is 19.7 Å². The summed E-state index contributed by atoms with van der Waals surface area (Å²) in [6, 6.07) is 4.98. The summed E-state index contributed by atoms with van der Waals surface area (Å²) in [6.45, 7) is 7.09. The summed E-state index contributed by atoms with van der Waals surface area (Å²) < 4.78 is 0. The molecule has 0 aliphatic heterocycles. The van der Waals surface area contributed by atoms with Crippen LogP contribution in [0.4, 0.5) is 5.69 Å². The number of nitro benzene ring substituents is 1. The molecule has 0 bridgehead atoms. The Labute approximate surface area is 177 Å². The zero-order chi connectivity index (χ0) is 21.4. The Morgan fingerprint density at radius 2 is 1.75 bits per heavy atom. The van der Waals surface area contributed by atoms with Gasteiger partial charge in [0.15, 0.2) is 5.78 Å². The lowest BCUT2D eigenvalue weighted by Crippen LogP contribution is -2.54. The van der Waals surface area contributed by atoms with Gasteiger partial charge < -0.3 is 0 Å². The number of alkyl halides is 2. The first-order valence-corrected chi connectivity index (χ1v) is 9.77. The highest BCUT2D eigenvalue weighted by atomic mass is 35.5. The number of aliphatic imine (C=N–C) groups is 1. The van der Waals surface area contributed by atoms with Gasteiger partial charge in [-0.3, -0.25) is 19.7 Å². The van der Waals surface area contributed by atoms with E-state index in [-0.39, 0.29) is 45.2 Å². The number of amides is 1. The minimum atomic E-state index is -1.49. The first kappa shape index (κ1) is 22.5. The number of hydrogen-bond acceptors (Lipinski definition) is 4. The maximum atomic E-state index is 13.0. The van der Waals surface area contributed by atoms with Crippen LogP contribution in [0, 0.1) is 22.0 Å². The van der Waals surface area contributed by atoms with E-state index in [1.807, 2.05) is 0 Å². The third-order valence-electron chi connectivity index (χ3n) is 4.63. The summed E-state index contributed by atoms with van der Waals surface area (Å²) in [5.41, 5.74) is 0.276. The number of hydrogen-bond donors (Lipinski definition) is 0. The smallest absolute Gasteiger partial charge is 0.277 e. The first-order valence-electron chi connectivity index (χ1n) is 8.58. The molecule has 0 aromatic heterocycles. The van der Waals surface area contributed by atoms with Gasteiger partial charge in [-0.2, -0.15) is 0 Å². The van der Waals surface area contributed by atoms with Gasteiger partial charge in [0.25, 0.3) is 11.6 Å². The van der Waals surface area contributed by atoms with E-state index in [4.69, 9.17) is 34.8 Å². The minimum Gasteiger partial charge on any atom is -0.292 e. The van der Waals surface area contributed by atoms with Crippen LogP contribution in [0.5, 0.6) is 0 Å². The molecule has 0 heterocycles. The van der Waals surface area contributed by atoms with Gasteiger partial charge in [-0.15, -0.1) is 23.2 Å². The maximum Gasteiger partial charge on any atom is 0.277 e. The zero-order valence-corrected chi connectivity index (χ0v) is 18.0. The average Bonchev–Trinajstić information content (AvgIpc) is 2.63. The van der Waals surface area contributed by atoms with Crippen molar-refractivity contribution in [2.24, 2.45) is 16.8 Å². The molecule has 0 saturated heterocycles. The highest BCUT2D eigenvalue weighted by Crippen LogP contribution is 2.44. The van der Waals surface area contributed by atoms with Crippen LogP contribution >= 0.6 is 34.8 Å². The van der Waals surface area contributed by atoms with Crippen molar-refractivity contribution in [2.75, 3.05) is 0 Å². The number of rotatable bonds is 4. The highest BCUT2D eigenvalue weighted by Gasteiger charge is 2.54. The van der Waals surface area contributed by atoms with Crippen molar-refractivity contribution in [2.45, 2.75) is 37.9 Å². The molecule has 0 saturated carbocycles. The molecule has 150 valence electrons. The molecule has 2 rings (SSSR count). The number of carbonyl (C=O) groups is 2. The second-order valence-electron chi connectivity index (χ2n) is 7.10. The molecule has 1 aromatic carbocycles. The molecule has 0 fully saturated rings. The Kier molecular flexibility index (Phi) is 6.69. The lowest BCUT2D eigenvalue weighted by molar-refractivity contribution is -0.384. The third kappa shape index (κ3) is 3.86. The number of nitro groups is 1. The van der Waals surface area contributed by atoms with Crippen LogP contribution in [-0.4, -0.2) is 32.6 Å². The number of non-ortho nitro benzene ring substituents is 1. The Morgan fingerprint density at radius 3 is 2.18 bits per heavy atom. The van der Waals surface area contributed by atoms with Crippen molar-refractivity contribution in [3.8, 4) is 0 Å². The van der Waals surface area contributed by atoms with Crippen LogP contribution in [0.3, 0.4) is 0 Å². The second-order valence-corrected chi connectivity index (χ2v) is 8.54. The van der Waals surface area contributed by atoms with Gasteiger partial charge >= 0.3 is 0 Å². The lowest BCUT2D eigenvalue weighted by Gasteiger charge is -2.39. The van der Waals surface area contributed by atoms with E-state index in [0.717, 1.165) is 0 Å². The zero-order valence-electron chi connectivity index (χ0n) is 15.7. The molecule has 1 amide bonds. The molecular formula is C19H19Cl3N2O4. The summed E-state index contributed by atoms with van der Waals surface area (Å²) in [7, 11) is 0. The molecule has 0 spiro atoms. The number of benzene rings is 1. The maximum absolute atomic E-state index is 13.0. The fourth-order valence-corrected chi connectivity index (χ4v) is 4.17. The van der Waals surface area contributed by atoms with Crippen molar-refractivity contribution < 1.29 is 14.5 Å². The van der Waals surface area contributed by atoms with Gasteiger partial charge in [-0.25, -0.2) is 4.99 Å². The third-order valence-corrected chi connectivity index (χ3v) is 6.51. The monoisotopic (exact) mass is 444 g/mol. The summed E-state index contributed by atoms with van der Waals surface area (Å²) in [6.07, 6.45) is 0. The Balaban J connectivity index is 2.58. The van der Waals surface area contributed by atoms with Gasteiger partial charge in [0.05, 0.1) is 15.7 Å². The summed E-state index contributed by atoms with van der Waals surface area (Å²) in [5.74, 6) is -1.65. The second kappa shape index (κ2) is 8.31. The Bertz CT molecular complexity index is 891. The van der Waals surface area contributed by atoms with Gasteiger partial charge in [-0.1, -0.05) is 39.3 Å². The SMILES string of the molecule is CC(C)C1=C(Cl)C(=NC(=O)c2ccc([N+](=O)[O-])cc2)C(Cl)C(Cl)(C(C)C)C1=O. The van der Waals surface area contributed by atoms with Crippen molar-refractivity contribution in [3.05, 3.63) is 50.5 Å². The molecule has 0 radical (unpaired) electrons. The van der Waals surface area contributed by atoms with E-state index in [1.54, 1.807) is 27.7 Å². The molecule has 28 heavy (non-hydrogen) atoms. The molecule has 2 atom stereocenters. The number of Topliss-reactive ketones (excluding diaryl/α,β-unsaturated/α-hetero) is 1. The van der Waals surface area contributed by atoms with Gasteiger partial charge in [0.1, 0.15) is 10.3 Å². The van der Waals surface area contributed by atoms with Crippen LogP contribution in [0.15, 0.2) is 39.9 Å². The quantitative estimate of drug-likeness (QED) is 0.364. The van der Waals surface area contributed by atoms with Crippen LogP contribution in [0.2, 0.25) is 0 Å². The lowest BCUT2D eigenvalue weighted by atomic mass is 9.75. The predicted molar refractivity (Wildman–Crippen MR) is 111 cm³/mol. The Hall–Kier alpha value is -1.76. The van der Waals surface area contributed by atoms with Gasteiger partial charge in [-0.05, 0) is 24.0 Å².